The van der Waals surface area contributed by atoms with Gasteiger partial charge < -0.3 is 10.1 Å². The summed E-state index contributed by atoms with van der Waals surface area (Å²) in [4.78, 5) is 0. The molecule has 2 unspecified atom stereocenters. The summed E-state index contributed by atoms with van der Waals surface area (Å²) in [5, 5.41) is 7.95. The molecule has 1 heterocycles. The topological polar surface area (TPSA) is 21.3 Å². The van der Waals surface area contributed by atoms with Gasteiger partial charge in [-0.1, -0.05) is 18.2 Å². The lowest BCUT2D eigenvalue weighted by molar-refractivity contribution is 0.237. The monoisotopic (exact) mass is 289 g/mol. The number of rotatable bonds is 6. The highest BCUT2D eigenvalue weighted by atomic mass is 32.1. The van der Waals surface area contributed by atoms with Crippen molar-refractivity contribution in [1.29, 1.82) is 0 Å². The minimum atomic E-state index is 0.192. The van der Waals surface area contributed by atoms with Crippen LogP contribution in [0.15, 0.2) is 41.1 Å². The molecule has 0 spiro atoms. The molecule has 20 heavy (non-hydrogen) atoms. The molecule has 0 amide bonds. The van der Waals surface area contributed by atoms with Crippen LogP contribution in [0.1, 0.15) is 50.9 Å². The molecule has 2 rings (SSSR count). The summed E-state index contributed by atoms with van der Waals surface area (Å²) in [6.45, 7) is 8.50. The van der Waals surface area contributed by atoms with Crippen LogP contribution in [0, 0.1) is 0 Å². The zero-order chi connectivity index (χ0) is 14.5. The fourth-order valence-corrected chi connectivity index (χ4v) is 3.04. The zero-order valence-corrected chi connectivity index (χ0v) is 13.4. The molecule has 0 saturated carbocycles. The first-order valence-electron chi connectivity index (χ1n) is 7.11. The second kappa shape index (κ2) is 6.91. The second-order valence-electron chi connectivity index (χ2n) is 5.37. The molecule has 0 aliphatic carbocycles. The number of benzene rings is 1. The average molecular weight is 289 g/mol. The van der Waals surface area contributed by atoms with E-state index in [1.807, 2.05) is 12.1 Å². The number of nitrogens with one attached hydrogen (secondary N) is 1. The van der Waals surface area contributed by atoms with E-state index in [9.17, 15) is 0 Å². The Bertz CT molecular complexity index is 522. The van der Waals surface area contributed by atoms with Gasteiger partial charge in [0.15, 0.2) is 0 Å². The highest BCUT2D eigenvalue weighted by Crippen LogP contribution is 2.28. The maximum Gasteiger partial charge on any atom is 0.124 e. The summed E-state index contributed by atoms with van der Waals surface area (Å²) < 4.78 is 5.90. The maximum atomic E-state index is 5.90. The number of para-hydroxylation sites is 1. The van der Waals surface area contributed by atoms with Crippen molar-refractivity contribution in [1.82, 2.24) is 5.32 Å². The van der Waals surface area contributed by atoms with Gasteiger partial charge in [-0.05, 0) is 56.2 Å². The summed E-state index contributed by atoms with van der Waals surface area (Å²) in [7, 11) is 0. The van der Waals surface area contributed by atoms with Crippen LogP contribution in [-0.2, 0) is 0 Å². The van der Waals surface area contributed by atoms with Gasteiger partial charge in [0.2, 0.25) is 0 Å². The fourth-order valence-electron chi connectivity index (χ4n) is 2.28. The molecular formula is C17H23NOS. The van der Waals surface area contributed by atoms with Crippen molar-refractivity contribution in [2.45, 2.75) is 45.9 Å². The van der Waals surface area contributed by atoms with Crippen LogP contribution in [0.2, 0.25) is 0 Å². The van der Waals surface area contributed by atoms with Gasteiger partial charge in [0, 0.05) is 17.6 Å². The first-order chi connectivity index (χ1) is 9.58. The van der Waals surface area contributed by atoms with Crippen LogP contribution < -0.4 is 10.1 Å². The minimum absolute atomic E-state index is 0.192. The Balaban J connectivity index is 2.10. The van der Waals surface area contributed by atoms with Gasteiger partial charge in [-0.15, -0.1) is 0 Å². The van der Waals surface area contributed by atoms with Crippen molar-refractivity contribution in [3.63, 3.8) is 0 Å². The lowest BCUT2D eigenvalue weighted by atomic mass is 10.0. The van der Waals surface area contributed by atoms with Crippen molar-refractivity contribution in [2.75, 3.05) is 0 Å². The average Bonchev–Trinajstić information content (AvgIpc) is 2.92. The predicted octanol–water partition coefficient (Wildman–Crippen LogP) is 4.95. The Hall–Kier alpha value is -1.32. The Labute approximate surface area is 125 Å². The Morgan fingerprint density at radius 1 is 1.00 bits per heavy atom. The van der Waals surface area contributed by atoms with E-state index in [2.05, 4.69) is 62.0 Å². The minimum Gasteiger partial charge on any atom is -0.491 e. The van der Waals surface area contributed by atoms with E-state index in [0.29, 0.717) is 6.04 Å². The van der Waals surface area contributed by atoms with Crippen LogP contribution in [0.4, 0.5) is 0 Å². The van der Waals surface area contributed by atoms with Crippen LogP contribution in [0.25, 0.3) is 0 Å². The first-order valence-corrected chi connectivity index (χ1v) is 8.06. The van der Waals surface area contributed by atoms with E-state index in [1.54, 1.807) is 11.3 Å². The largest absolute Gasteiger partial charge is 0.491 e. The van der Waals surface area contributed by atoms with Crippen LogP contribution in [0.5, 0.6) is 5.75 Å². The van der Waals surface area contributed by atoms with Crippen LogP contribution in [-0.4, -0.2) is 6.10 Å². The molecule has 3 heteroatoms. The van der Waals surface area contributed by atoms with E-state index >= 15 is 0 Å². The third kappa shape index (κ3) is 3.84. The Kier molecular flexibility index (Phi) is 5.21. The summed E-state index contributed by atoms with van der Waals surface area (Å²) in [5.74, 6) is 0.972. The lowest BCUT2D eigenvalue weighted by Gasteiger charge is -2.23. The van der Waals surface area contributed by atoms with Gasteiger partial charge >= 0.3 is 0 Å². The molecule has 0 saturated heterocycles. The van der Waals surface area contributed by atoms with E-state index in [-0.39, 0.29) is 12.1 Å². The van der Waals surface area contributed by atoms with Gasteiger partial charge in [0.25, 0.3) is 0 Å². The predicted molar refractivity (Wildman–Crippen MR) is 86.5 cm³/mol. The number of thiophene rings is 1. The normalized spacial score (nSPS) is 14.2. The Morgan fingerprint density at radius 2 is 1.75 bits per heavy atom. The third-order valence-electron chi connectivity index (χ3n) is 3.29. The molecule has 0 radical (unpaired) electrons. The summed E-state index contributed by atoms with van der Waals surface area (Å²) in [6, 6.07) is 11.0. The standard InChI is InChI=1S/C17H23NOS/c1-12(2)19-17-8-6-5-7-16(17)14(4)18-13(3)15-9-10-20-11-15/h5-14,18H,1-4H3. The second-order valence-corrected chi connectivity index (χ2v) is 6.15. The van der Waals surface area contributed by atoms with E-state index < -0.39 is 0 Å². The fraction of sp³-hybridized carbons (Fsp3) is 0.412. The molecule has 0 bridgehead atoms. The zero-order valence-electron chi connectivity index (χ0n) is 12.6. The third-order valence-corrected chi connectivity index (χ3v) is 3.99. The highest BCUT2D eigenvalue weighted by molar-refractivity contribution is 7.07. The van der Waals surface area contributed by atoms with Gasteiger partial charge in [-0.25, -0.2) is 0 Å². The molecule has 1 aromatic heterocycles. The van der Waals surface area contributed by atoms with Crippen molar-refractivity contribution in [2.24, 2.45) is 0 Å². The number of hydrogen-bond acceptors (Lipinski definition) is 3. The maximum absolute atomic E-state index is 5.90. The molecule has 2 atom stereocenters. The highest BCUT2D eigenvalue weighted by Gasteiger charge is 2.15. The first kappa shape index (κ1) is 15.1. The van der Waals surface area contributed by atoms with Gasteiger partial charge in [-0.3, -0.25) is 0 Å². The summed E-state index contributed by atoms with van der Waals surface area (Å²) in [5.41, 5.74) is 2.55. The molecule has 1 aromatic carbocycles. The van der Waals surface area contributed by atoms with E-state index in [1.165, 1.54) is 11.1 Å². The summed E-state index contributed by atoms with van der Waals surface area (Å²) in [6.07, 6.45) is 0.192. The quantitative estimate of drug-likeness (QED) is 0.812. The Morgan fingerprint density at radius 3 is 2.40 bits per heavy atom. The van der Waals surface area contributed by atoms with E-state index in [0.717, 1.165) is 5.75 Å². The number of hydrogen-bond donors (Lipinski definition) is 1. The molecule has 0 aliphatic rings. The molecule has 1 N–H and O–H groups in total. The van der Waals surface area contributed by atoms with Gasteiger partial charge in [-0.2, -0.15) is 11.3 Å². The van der Waals surface area contributed by atoms with Crippen molar-refractivity contribution in [3.8, 4) is 5.75 Å². The molecule has 2 nitrogen and oxygen atoms in total. The lowest BCUT2D eigenvalue weighted by Crippen LogP contribution is -2.23. The van der Waals surface area contributed by atoms with Crippen molar-refractivity contribution < 1.29 is 4.74 Å². The SMILES string of the molecule is CC(C)Oc1ccccc1C(C)NC(C)c1ccsc1. The van der Waals surface area contributed by atoms with Crippen LogP contribution in [0.3, 0.4) is 0 Å². The smallest absolute Gasteiger partial charge is 0.124 e. The van der Waals surface area contributed by atoms with Gasteiger partial charge in [0.05, 0.1) is 6.10 Å². The molecule has 0 fully saturated rings. The molecule has 2 aromatic rings. The van der Waals surface area contributed by atoms with Crippen molar-refractivity contribution >= 4 is 11.3 Å². The van der Waals surface area contributed by atoms with Gasteiger partial charge in [0.1, 0.15) is 5.75 Å². The van der Waals surface area contributed by atoms with Crippen molar-refractivity contribution in [3.05, 3.63) is 52.2 Å². The molecular weight excluding hydrogens is 266 g/mol. The summed E-state index contributed by atoms with van der Waals surface area (Å²) >= 11 is 1.74. The number of ether oxygens (including phenoxy) is 1. The van der Waals surface area contributed by atoms with Crippen LogP contribution >= 0.6 is 11.3 Å². The molecule has 108 valence electrons. The van der Waals surface area contributed by atoms with E-state index in [4.69, 9.17) is 4.74 Å². The molecule has 0 aliphatic heterocycles.